The van der Waals surface area contributed by atoms with Crippen LogP contribution in [0.5, 0.6) is 0 Å². The highest BCUT2D eigenvalue weighted by molar-refractivity contribution is 9.10. The molecular weight excluding hydrogens is 276 g/mol. The maximum absolute atomic E-state index is 4.24. The van der Waals surface area contributed by atoms with Crippen LogP contribution in [0.15, 0.2) is 59.9 Å². The number of aromatic nitrogens is 2. The van der Waals surface area contributed by atoms with Crippen molar-refractivity contribution in [2.24, 2.45) is 0 Å². The van der Waals surface area contributed by atoms with Crippen molar-refractivity contribution in [1.82, 2.24) is 9.78 Å². The summed E-state index contributed by atoms with van der Waals surface area (Å²) in [5, 5.41) is 4.24. The number of hydrogen-bond donors (Lipinski definition) is 0. The molecule has 0 bridgehead atoms. The first-order valence-corrected chi connectivity index (χ1v) is 6.10. The summed E-state index contributed by atoms with van der Waals surface area (Å²) in [6, 6.07) is 8.27. The summed E-state index contributed by atoms with van der Waals surface area (Å²) < 4.78 is 2.81. The van der Waals surface area contributed by atoms with Gasteiger partial charge in [0.25, 0.3) is 0 Å². The Morgan fingerprint density at radius 2 is 2.06 bits per heavy atom. The number of benzene rings is 1. The average molecular weight is 289 g/mol. The Balaban J connectivity index is 2.30. The summed E-state index contributed by atoms with van der Waals surface area (Å²) in [7, 11) is 0. The minimum absolute atomic E-state index is 0.976. The van der Waals surface area contributed by atoms with Crippen LogP contribution in [0, 0.1) is 0 Å². The largest absolute Gasteiger partial charge is 0.240 e. The molecule has 0 spiro atoms. The molecule has 0 amide bonds. The zero-order valence-corrected chi connectivity index (χ0v) is 11.2. The number of nitrogens with zero attached hydrogens (tertiary/aromatic N) is 2. The molecule has 0 radical (unpaired) electrons. The van der Waals surface area contributed by atoms with Crippen LogP contribution in [0.25, 0.3) is 11.3 Å². The van der Waals surface area contributed by atoms with Gasteiger partial charge < -0.3 is 0 Å². The lowest BCUT2D eigenvalue weighted by molar-refractivity contribution is 0.880. The van der Waals surface area contributed by atoms with E-state index < -0.39 is 0 Å². The second kappa shape index (κ2) is 5.15. The molecule has 1 heterocycles. The SMILES string of the molecule is C=CC=C(C)c1ccc(-n2cc(Br)cn2)cc1. The molecule has 2 nitrogen and oxygen atoms in total. The number of halogens is 1. The highest BCUT2D eigenvalue weighted by Crippen LogP contribution is 2.17. The highest BCUT2D eigenvalue weighted by atomic mass is 79.9. The molecule has 0 N–H and O–H groups in total. The molecule has 0 unspecified atom stereocenters. The van der Waals surface area contributed by atoms with E-state index in [1.165, 1.54) is 11.1 Å². The first-order valence-electron chi connectivity index (χ1n) is 5.31. The predicted octanol–water partition coefficient (Wildman–Crippen LogP) is 4.22. The van der Waals surface area contributed by atoms with E-state index >= 15 is 0 Å². The zero-order chi connectivity index (χ0) is 12.3. The second-order valence-corrected chi connectivity index (χ2v) is 4.65. The molecule has 0 atom stereocenters. The fraction of sp³-hybridized carbons (Fsp3) is 0.0714. The third-order valence-corrected chi connectivity index (χ3v) is 2.92. The first kappa shape index (κ1) is 11.9. The molecule has 1 aromatic carbocycles. The lowest BCUT2D eigenvalue weighted by Crippen LogP contribution is -1.93. The molecule has 0 saturated heterocycles. The molecule has 3 heteroatoms. The first-order chi connectivity index (χ1) is 8.20. The van der Waals surface area contributed by atoms with Gasteiger partial charge in [0.05, 0.1) is 16.4 Å². The van der Waals surface area contributed by atoms with E-state index in [2.05, 4.69) is 58.8 Å². The third-order valence-electron chi connectivity index (χ3n) is 2.51. The van der Waals surface area contributed by atoms with Crippen molar-refractivity contribution in [3.8, 4) is 5.69 Å². The van der Waals surface area contributed by atoms with Gasteiger partial charge in [-0.2, -0.15) is 5.10 Å². The fourth-order valence-corrected chi connectivity index (χ4v) is 1.88. The van der Waals surface area contributed by atoms with Gasteiger partial charge in [0.15, 0.2) is 0 Å². The van der Waals surface area contributed by atoms with Gasteiger partial charge >= 0.3 is 0 Å². The summed E-state index contributed by atoms with van der Waals surface area (Å²) in [6.07, 6.45) is 7.51. The maximum Gasteiger partial charge on any atom is 0.0646 e. The number of rotatable bonds is 3. The molecule has 2 rings (SSSR count). The van der Waals surface area contributed by atoms with Gasteiger partial charge in [-0.05, 0) is 46.1 Å². The van der Waals surface area contributed by atoms with Crippen LogP contribution < -0.4 is 0 Å². The van der Waals surface area contributed by atoms with Crippen LogP contribution in [0.3, 0.4) is 0 Å². The molecule has 2 aromatic rings. The number of hydrogen-bond acceptors (Lipinski definition) is 1. The quantitative estimate of drug-likeness (QED) is 0.773. The van der Waals surface area contributed by atoms with Crippen LogP contribution in [-0.4, -0.2) is 9.78 Å². The Morgan fingerprint density at radius 3 is 2.59 bits per heavy atom. The summed E-state index contributed by atoms with van der Waals surface area (Å²) in [5.41, 5.74) is 3.44. The average Bonchev–Trinajstić information content (AvgIpc) is 2.76. The van der Waals surface area contributed by atoms with Crippen molar-refractivity contribution in [2.45, 2.75) is 6.92 Å². The van der Waals surface area contributed by atoms with Crippen LogP contribution in [-0.2, 0) is 0 Å². The molecule has 0 aliphatic rings. The summed E-state index contributed by atoms with van der Waals surface area (Å²) in [4.78, 5) is 0. The van der Waals surface area contributed by atoms with Gasteiger partial charge in [0.1, 0.15) is 0 Å². The van der Waals surface area contributed by atoms with E-state index in [-0.39, 0.29) is 0 Å². The van der Waals surface area contributed by atoms with Gasteiger partial charge in [-0.1, -0.05) is 30.9 Å². The van der Waals surface area contributed by atoms with Crippen molar-refractivity contribution in [3.05, 3.63) is 65.4 Å². The van der Waals surface area contributed by atoms with E-state index in [0.717, 1.165) is 10.2 Å². The fourth-order valence-electron chi connectivity index (χ4n) is 1.59. The van der Waals surface area contributed by atoms with Crippen LogP contribution in [0.2, 0.25) is 0 Å². The Bertz CT molecular complexity index is 550. The Labute approximate surface area is 109 Å². The molecule has 0 aliphatic carbocycles. The summed E-state index contributed by atoms with van der Waals surface area (Å²) in [5.74, 6) is 0. The zero-order valence-electron chi connectivity index (χ0n) is 9.60. The van der Waals surface area contributed by atoms with Gasteiger partial charge in [-0.15, -0.1) is 0 Å². The molecule has 0 saturated carbocycles. The Morgan fingerprint density at radius 1 is 1.35 bits per heavy atom. The molecule has 17 heavy (non-hydrogen) atoms. The molecule has 0 aliphatic heterocycles. The summed E-state index contributed by atoms with van der Waals surface area (Å²) >= 11 is 3.38. The topological polar surface area (TPSA) is 17.8 Å². The van der Waals surface area contributed by atoms with Crippen molar-refractivity contribution < 1.29 is 0 Å². The number of allylic oxidation sites excluding steroid dienone is 3. The van der Waals surface area contributed by atoms with E-state index in [4.69, 9.17) is 0 Å². The van der Waals surface area contributed by atoms with Crippen LogP contribution in [0.1, 0.15) is 12.5 Å². The molecule has 86 valence electrons. The standard InChI is InChI=1S/C14H13BrN2/c1-3-4-11(2)12-5-7-14(8-6-12)17-10-13(15)9-16-17/h3-10H,1H2,2H3. The Hall–Kier alpha value is -1.61. The van der Waals surface area contributed by atoms with Gasteiger partial charge in [0, 0.05) is 6.20 Å². The minimum atomic E-state index is 0.976. The molecular formula is C14H13BrN2. The van der Waals surface area contributed by atoms with Crippen molar-refractivity contribution in [3.63, 3.8) is 0 Å². The van der Waals surface area contributed by atoms with Gasteiger partial charge in [-0.3, -0.25) is 0 Å². The maximum atomic E-state index is 4.24. The highest BCUT2D eigenvalue weighted by Gasteiger charge is 1.99. The van der Waals surface area contributed by atoms with Gasteiger partial charge in [0.2, 0.25) is 0 Å². The normalized spacial score (nSPS) is 11.5. The molecule has 0 fully saturated rings. The van der Waals surface area contributed by atoms with Crippen molar-refractivity contribution in [2.75, 3.05) is 0 Å². The second-order valence-electron chi connectivity index (χ2n) is 3.74. The summed E-state index contributed by atoms with van der Waals surface area (Å²) in [6.45, 7) is 5.77. The predicted molar refractivity (Wildman–Crippen MR) is 75.1 cm³/mol. The van der Waals surface area contributed by atoms with Crippen LogP contribution >= 0.6 is 15.9 Å². The van der Waals surface area contributed by atoms with Gasteiger partial charge in [-0.25, -0.2) is 4.68 Å². The lowest BCUT2D eigenvalue weighted by atomic mass is 10.1. The Kier molecular flexibility index (Phi) is 3.59. The van der Waals surface area contributed by atoms with E-state index in [0.29, 0.717) is 0 Å². The monoisotopic (exact) mass is 288 g/mol. The van der Waals surface area contributed by atoms with Crippen molar-refractivity contribution >= 4 is 21.5 Å². The molecule has 1 aromatic heterocycles. The lowest BCUT2D eigenvalue weighted by Gasteiger charge is -2.04. The van der Waals surface area contributed by atoms with E-state index in [9.17, 15) is 0 Å². The third kappa shape index (κ3) is 2.74. The van der Waals surface area contributed by atoms with E-state index in [1.807, 2.05) is 17.0 Å². The minimum Gasteiger partial charge on any atom is -0.240 e. The van der Waals surface area contributed by atoms with Crippen molar-refractivity contribution in [1.29, 1.82) is 0 Å². The smallest absolute Gasteiger partial charge is 0.0646 e. The van der Waals surface area contributed by atoms with E-state index in [1.54, 1.807) is 12.3 Å². The van der Waals surface area contributed by atoms with Crippen LogP contribution in [0.4, 0.5) is 0 Å².